The quantitative estimate of drug-likeness (QED) is 0.651. The largest absolute Gasteiger partial charge is 0.493 e. The summed E-state index contributed by atoms with van der Waals surface area (Å²) in [5.74, 6) is 1.53. The molecule has 0 saturated heterocycles. The minimum Gasteiger partial charge on any atom is -0.493 e. The number of ether oxygens (including phenoxy) is 2. The van der Waals surface area contributed by atoms with Gasteiger partial charge in [0.1, 0.15) is 5.01 Å². The summed E-state index contributed by atoms with van der Waals surface area (Å²) in [5, 5.41) is 8.85. The minimum atomic E-state index is 0.180. The summed E-state index contributed by atoms with van der Waals surface area (Å²) in [4.78, 5) is 5.84. The van der Waals surface area contributed by atoms with Crippen molar-refractivity contribution in [1.29, 1.82) is 0 Å². The summed E-state index contributed by atoms with van der Waals surface area (Å²) < 4.78 is 10.9. The third-order valence-electron chi connectivity index (χ3n) is 3.76. The van der Waals surface area contributed by atoms with Crippen LogP contribution >= 0.6 is 22.7 Å². The van der Waals surface area contributed by atoms with Crippen LogP contribution in [0.3, 0.4) is 0 Å². The molecule has 0 unspecified atom stereocenters. The molecule has 1 N–H and O–H groups in total. The van der Waals surface area contributed by atoms with Gasteiger partial charge in [-0.15, -0.1) is 22.7 Å². The summed E-state index contributed by atoms with van der Waals surface area (Å²) in [5.41, 5.74) is 1.07. The fourth-order valence-electron chi connectivity index (χ4n) is 2.61. The predicted molar refractivity (Wildman–Crippen MR) is 99.3 cm³/mol. The molecule has 1 atom stereocenters. The molecule has 0 radical (unpaired) electrons. The fraction of sp³-hybridized carbons (Fsp3) is 0.278. The smallest absolute Gasteiger partial charge is 0.165 e. The van der Waals surface area contributed by atoms with Crippen LogP contribution in [0.2, 0.25) is 0 Å². The Kier molecular flexibility index (Phi) is 5.85. The highest BCUT2D eigenvalue weighted by atomic mass is 32.1. The normalized spacial score (nSPS) is 12.1. The van der Waals surface area contributed by atoms with Crippen LogP contribution in [0.5, 0.6) is 11.5 Å². The molecule has 1 aromatic carbocycles. The van der Waals surface area contributed by atoms with Crippen LogP contribution in [0.4, 0.5) is 0 Å². The van der Waals surface area contributed by atoms with E-state index < -0.39 is 0 Å². The summed E-state index contributed by atoms with van der Waals surface area (Å²) >= 11 is 3.46. The maximum Gasteiger partial charge on any atom is 0.165 e. The van der Waals surface area contributed by atoms with Crippen molar-refractivity contribution in [2.24, 2.45) is 0 Å². The number of hydrogen-bond acceptors (Lipinski definition) is 6. The number of rotatable bonds is 8. The molecule has 3 rings (SSSR count). The maximum absolute atomic E-state index is 5.52. The van der Waals surface area contributed by atoms with Gasteiger partial charge in [0.2, 0.25) is 0 Å². The van der Waals surface area contributed by atoms with E-state index in [1.165, 1.54) is 4.88 Å². The van der Waals surface area contributed by atoms with Crippen LogP contribution < -0.4 is 14.8 Å². The molecule has 24 heavy (non-hydrogen) atoms. The second kappa shape index (κ2) is 8.28. The average molecular weight is 361 g/mol. The lowest BCUT2D eigenvalue weighted by molar-refractivity contribution is 0.349. The van der Waals surface area contributed by atoms with Crippen molar-refractivity contribution in [2.45, 2.75) is 19.0 Å². The van der Waals surface area contributed by atoms with Gasteiger partial charge in [-0.05, 0) is 17.5 Å². The third-order valence-corrected chi connectivity index (χ3v) is 5.55. The first-order valence-corrected chi connectivity index (χ1v) is 9.42. The van der Waals surface area contributed by atoms with Crippen molar-refractivity contribution < 1.29 is 9.47 Å². The summed E-state index contributed by atoms with van der Waals surface area (Å²) in [6, 6.07) is 10.4. The van der Waals surface area contributed by atoms with Crippen molar-refractivity contribution in [2.75, 3.05) is 14.2 Å². The Bertz CT molecular complexity index is 742. The van der Waals surface area contributed by atoms with Gasteiger partial charge in [-0.25, -0.2) is 4.98 Å². The number of hydrogen-bond donors (Lipinski definition) is 1. The Labute approximate surface area is 150 Å². The Morgan fingerprint density at radius 3 is 2.67 bits per heavy atom. The van der Waals surface area contributed by atoms with E-state index in [1.807, 2.05) is 23.7 Å². The number of para-hydroxylation sites is 1. The van der Waals surface area contributed by atoms with E-state index in [0.717, 1.165) is 28.5 Å². The van der Waals surface area contributed by atoms with Crippen molar-refractivity contribution >= 4 is 22.7 Å². The minimum absolute atomic E-state index is 0.180. The maximum atomic E-state index is 5.52. The molecule has 0 amide bonds. The van der Waals surface area contributed by atoms with E-state index in [2.05, 4.69) is 33.9 Å². The molecule has 0 fully saturated rings. The zero-order valence-electron chi connectivity index (χ0n) is 13.7. The van der Waals surface area contributed by atoms with E-state index in [9.17, 15) is 0 Å². The zero-order chi connectivity index (χ0) is 16.8. The van der Waals surface area contributed by atoms with Crippen molar-refractivity contribution in [3.63, 3.8) is 0 Å². The van der Waals surface area contributed by atoms with Gasteiger partial charge in [0.15, 0.2) is 11.5 Å². The second-order valence-corrected chi connectivity index (χ2v) is 7.20. The molecular weight excluding hydrogens is 340 g/mol. The van der Waals surface area contributed by atoms with Gasteiger partial charge in [-0.1, -0.05) is 18.2 Å². The molecule has 3 aromatic rings. The number of thiazole rings is 1. The first kappa shape index (κ1) is 17.0. The van der Waals surface area contributed by atoms with Gasteiger partial charge in [-0.3, -0.25) is 0 Å². The molecule has 2 aromatic heterocycles. The number of nitrogens with one attached hydrogen (secondary N) is 1. The van der Waals surface area contributed by atoms with Crippen molar-refractivity contribution in [3.8, 4) is 11.5 Å². The topological polar surface area (TPSA) is 43.4 Å². The first-order chi connectivity index (χ1) is 11.8. The SMILES string of the molecule is COc1cccc(CN[C@@H](Cc2cccs2)c2nccs2)c1OC. The summed E-state index contributed by atoms with van der Waals surface area (Å²) in [6.45, 7) is 0.690. The van der Waals surface area contributed by atoms with Crippen LogP contribution in [-0.4, -0.2) is 19.2 Å². The lowest BCUT2D eigenvalue weighted by atomic mass is 10.1. The van der Waals surface area contributed by atoms with Crippen LogP contribution in [0.25, 0.3) is 0 Å². The Morgan fingerprint density at radius 1 is 1.08 bits per heavy atom. The van der Waals surface area contributed by atoms with Gasteiger partial charge in [0.25, 0.3) is 0 Å². The van der Waals surface area contributed by atoms with Crippen molar-refractivity contribution in [1.82, 2.24) is 10.3 Å². The average Bonchev–Trinajstić information content (AvgIpc) is 3.31. The molecule has 0 aliphatic heterocycles. The molecule has 4 nitrogen and oxygen atoms in total. The number of nitrogens with zero attached hydrogens (tertiary/aromatic N) is 1. The zero-order valence-corrected chi connectivity index (χ0v) is 15.3. The molecule has 0 saturated carbocycles. The van der Waals surface area contributed by atoms with Gasteiger partial charge >= 0.3 is 0 Å². The molecule has 0 aliphatic rings. The second-order valence-electron chi connectivity index (χ2n) is 5.24. The molecular formula is C18H20N2O2S2. The molecule has 0 bridgehead atoms. The lowest BCUT2D eigenvalue weighted by Crippen LogP contribution is -2.23. The van der Waals surface area contributed by atoms with Crippen LogP contribution in [0.15, 0.2) is 47.3 Å². The number of methoxy groups -OCH3 is 2. The summed E-state index contributed by atoms with van der Waals surface area (Å²) in [7, 11) is 3.33. The van der Waals surface area contributed by atoms with Crippen LogP contribution in [0.1, 0.15) is 21.5 Å². The first-order valence-electron chi connectivity index (χ1n) is 7.67. The molecule has 6 heteroatoms. The standard InChI is InChI=1S/C18H20N2O2S2/c1-21-16-7-3-5-13(17(16)22-2)12-20-15(18-19-8-10-24-18)11-14-6-4-9-23-14/h3-10,15,20H,11-12H2,1-2H3/t15-/m0/s1. The number of thiophene rings is 1. The van der Waals surface area contributed by atoms with Gasteiger partial charge < -0.3 is 14.8 Å². The van der Waals surface area contributed by atoms with Crippen molar-refractivity contribution in [3.05, 3.63) is 62.7 Å². The molecule has 2 heterocycles. The van der Waals surface area contributed by atoms with E-state index in [1.54, 1.807) is 36.9 Å². The van der Waals surface area contributed by atoms with Gasteiger partial charge in [0, 0.05) is 35.0 Å². The van der Waals surface area contributed by atoms with Crippen LogP contribution in [-0.2, 0) is 13.0 Å². The predicted octanol–water partition coefficient (Wildman–Crippen LogP) is 4.30. The van der Waals surface area contributed by atoms with E-state index in [0.29, 0.717) is 6.54 Å². The van der Waals surface area contributed by atoms with E-state index >= 15 is 0 Å². The Hall–Kier alpha value is -1.89. The lowest BCUT2D eigenvalue weighted by Gasteiger charge is -2.18. The molecule has 0 aliphatic carbocycles. The Balaban J connectivity index is 1.76. The monoisotopic (exact) mass is 360 g/mol. The van der Waals surface area contributed by atoms with Gasteiger partial charge in [-0.2, -0.15) is 0 Å². The highest BCUT2D eigenvalue weighted by molar-refractivity contribution is 7.10. The summed E-state index contributed by atoms with van der Waals surface area (Å²) in [6.07, 6.45) is 2.78. The number of aromatic nitrogens is 1. The number of benzene rings is 1. The Morgan fingerprint density at radius 2 is 2.00 bits per heavy atom. The van der Waals surface area contributed by atoms with E-state index in [4.69, 9.17) is 9.47 Å². The van der Waals surface area contributed by atoms with E-state index in [-0.39, 0.29) is 6.04 Å². The third kappa shape index (κ3) is 3.95. The fourth-order valence-corrected chi connectivity index (χ4v) is 4.08. The molecule has 126 valence electrons. The van der Waals surface area contributed by atoms with Crippen LogP contribution in [0, 0.1) is 0 Å². The highest BCUT2D eigenvalue weighted by Gasteiger charge is 2.17. The van der Waals surface area contributed by atoms with Gasteiger partial charge in [0.05, 0.1) is 20.3 Å². The molecule has 0 spiro atoms. The highest BCUT2D eigenvalue weighted by Crippen LogP contribution is 2.31.